The van der Waals surface area contributed by atoms with E-state index >= 15 is 0 Å². The highest BCUT2D eigenvalue weighted by Crippen LogP contribution is 2.29. The van der Waals surface area contributed by atoms with Crippen LogP contribution in [0.4, 0.5) is 0 Å². The number of aromatic hydroxyl groups is 1. The topological polar surface area (TPSA) is 69.1 Å². The molecular weight excluding hydrogens is 388 g/mol. The van der Waals surface area contributed by atoms with Gasteiger partial charge in [-0.15, -0.1) is 0 Å². The Labute approximate surface area is 186 Å². The van der Waals surface area contributed by atoms with E-state index in [0.29, 0.717) is 24.8 Å². The van der Waals surface area contributed by atoms with Crippen LogP contribution < -0.4 is 15.4 Å². The Balaban J connectivity index is 1.49. The van der Waals surface area contributed by atoms with Crippen LogP contribution in [0.5, 0.6) is 11.5 Å². The van der Waals surface area contributed by atoms with Crippen molar-refractivity contribution in [2.45, 2.75) is 45.7 Å². The second-order valence-corrected chi connectivity index (χ2v) is 8.10. The summed E-state index contributed by atoms with van der Waals surface area (Å²) in [5.41, 5.74) is 3.64. The Hall–Kier alpha value is -2.73. The van der Waals surface area contributed by atoms with Crippen molar-refractivity contribution in [1.29, 1.82) is 0 Å². The van der Waals surface area contributed by atoms with Gasteiger partial charge in [0.1, 0.15) is 0 Å². The summed E-state index contributed by atoms with van der Waals surface area (Å²) in [7, 11) is 1.57. The third-order valence-corrected chi connectivity index (χ3v) is 5.88. The number of methoxy groups -OCH3 is 1. The number of nitrogens with zero attached hydrogens (tertiary/aromatic N) is 2. The SMILES string of the molecule is CCNC(=NCCc1cccc(OC)c1O)NC1CCN(Cc2ccccc2C)CC1. The molecule has 2 aromatic rings. The molecule has 0 radical (unpaired) electrons. The summed E-state index contributed by atoms with van der Waals surface area (Å²) >= 11 is 0. The maximum Gasteiger partial charge on any atom is 0.191 e. The molecular formula is C25H36N4O2. The second kappa shape index (κ2) is 11.6. The fourth-order valence-corrected chi connectivity index (χ4v) is 4.00. The van der Waals surface area contributed by atoms with Gasteiger partial charge in [0.25, 0.3) is 0 Å². The molecule has 1 heterocycles. The van der Waals surface area contributed by atoms with Crippen molar-refractivity contribution in [3.8, 4) is 11.5 Å². The Morgan fingerprint density at radius 3 is 2.58 bits per heavy atom. The molecule has 0 atom stereocenters. The molecule has 0 unspecified atom stereocenters. The number of hydrogen-bond acceptors (Lipinski definition) is 4. The van der Waals surface area contributed by atoms with Crippen LogP contribution in [0.15, 0.2) is 47.5 Å². The highest BCUT2D eigenvalue weighted by molar-refractivity contribution is 5.80. The van der Waals surface area contributed by atoms with Crippen molar-refractivity contribution in [2.24, 2.45) is 4.99 Å². The summed E-state index contributed by atoms with van der Waals surface area (Å²) in [5.74, 6) is 1.56. The van der Waals surface area contributed by atoms with E-state index in [9.17, 15) is 5.11 Å². The standard InChI is InChI=1S/C25H36N4O2/c1-4-26-25(27-15-12-20-10-7-11-23(31-3)24(20)30)28-22-13-16-29(17-14-22)18-21-9-6-5-8-19(21)2/h5-11,22,30H,4,12-18H2,1-3H3,(H2,26,27,28). The average Bonchev–Trinajstić information content (AvgIpc) is 2.78. The quantitative estimate of drug-likeness (QED) is 0.447. The number of ether oxygens (including phenoxy) is 1. The first kappa shape index (κ1) is 22.9. The van der Waals surface area contributed by atoms with Crippen LogP contribution in [-0.4, -0.2) is 55.3 Å². The van der Waals surface area contributed by atoms with Crippen LogP contribution in [0.3, 0.4) is 0 Å². The third kappa shape index (κ3) is 6.62. The van der Waals surface area contributed by atoms with E-state index in [1.165, 1.54) is 11.1 Å². The maximum atomic E-state index is 10.3. The van der Waals surface area contributed by atoms with Crippen molar-refractivity contribution >= 4 is 5.96 Å². The maximum absolute atomic E-state index is 10.3. The van der Waals surface area contributed by atoms with Gasteiger partial charge in [0, 0.05) is 38.8 Å². The molecule has 0 amide bonds. The molecule has 6 heteroatoms. The summed E-state index contributed by atoms with van der Waals surface area (Å²) in [6.45, 7) is 8.89. The lowest BCUT2D eigenvalue weighted by Gasteiger charge is -2.33. The van der Waals surface area contributed by atoms with E-state index in [0.717, 1.165) is 50.5 Å². The first-order chi connectivity index (χ1) is 15.1. The zero-order valence-corrected chi connectivity index (χ0v) is 19.0. The molecule has 3 rings (SSSR count). The van der Waals surface area contributed by atoms with Crippen molar-refractivity contribution in [3.63, 3.8) is 0 Å². The molecule has 0 spiro atoms. The minimum absolute atomic E-state index is 0.208. The summed E-state index contributed by atoms with van der Waals surface area (Å²) in [5, 5.41) is 17.2. The first-order valence-electron chi connectivity index (χ1n) is 11.3. The largest absolute Gasteiger partial charge is 0.504 e. The molecule has 168 valence electrons. The van der Waals surface area contributed by atoms with Crippen LogP contribution >= 0.6 is 0 Å². The molecule has 31 heavy (non-hydrogen) atoms. The number of para-hydroxylation sites is 1. The Bertz CT molecular complexity index is 860. The van der Waals surface area contributed by atoms with Crippen molar-refractivity contribution in [3.05, 3.63) is 59.2 Å². The Morgan fingerprint density at radius 2 is 1.87 bits per heavy atom. The number of benzene rings is 2. The van der Waals surface area contributed by atoms with E-state index in [-0.39, 0.29) is 5.75 Å². The van der Waals surface area contributed by atoms with Crippen molar-refractivity contribution in [2.75, 3.05) is 33.3 Å². The summed E-state index contributed by atoms with van der Waals surface area (Å²) in [6.07, 6.45) is 2.87. The van der Waals surface area contributed by atoms with Crippen LogP contribution in [0.1, 0.15) is 36.5 Å². The van der Waals surface area contributed by atoms with Crippen molar-refractivity contribution in [1.82, 2.24) is 15.5 Å². The summed E-state index contributed by atoms with van der Waals surface area (Å²) < 4.78 is 5.19. The number of phenolic OH excluding ortho intramolecular Hbond substituents is 1. The number of likely N-dealkylation sites (tertiary alicyclic amines) is 1. The first-order valence-corrected chi connectivity index (χ1v) is 11.3. The van der Waals surface area contributed by atoms with E-state index in [1.807, 2.05) is 12.1 Å². The van der Waals surface area contributed by atoms with Crippen LogP contribution in [0.25, 0.3) is 0 Å². The number of guanidine groups is 1. The van der Waals surface area contributed by atoms with Gasteiger partial charge in [-0.25, -0.2) is 0 Å². The average molecular weight is 425 g/mol. The molecule has 1 saturated heterocycles. The predicted molar refractivity (Wildman–Crippen MR) is 127 cm³/mol. The number of nitrogens with one attached hydrogen (secondary N) is 2. The molecule has 0 aromatic heterocycles. The molecule has 0 aliphatic carbocycles. The molecule has 1 fully saturated rings. The lowest BCUT2D eigenvalue weighted by Crippen LogP contribution is -2.48. The molecule has 0 saturated carbocycles. The van der Waals surface area contributed by atoms with Crippen LogP contribution in [0, 0.1) is 6.92 Å². The number of hydrogen-bond donors (Lipinski definition) is 3. The smallest absolute Gasteiger partial charge is 0.191 e. The molecule has 6 nitrogen and oxygen atoms in total. The number of aliphatic imine (C=N–C) groups is 1. The lowest BCUT2D eigenvalue weighted by atomic mass is 10.0. The summed E-state index contributed by atoms with van der Waals surface area (Å²) in [4.78, 5) is 7.26. The minimum Gasteiger partial charge on any atom is -0.504 e. The number of rotatable bonds is 8. The van der Waals surface area contributed by atoms with Crippen molar-refractivity contribution < 1.29 is 9.84 Å². The molecule has 1 aliphatic rings. The molecule has 2 aromatic carbocycles. The van der Waals surface area contributed by atoms with Gasteiger partial charge < -0.3 is 20.5 Å². The zero-order valence-electron chi connectivity index (χ0n) is 19.0. The van der Waals surface area contributed by atoms with Gasteiger partial charge in [-0.2, -0.15) is 0 Å². The Morgan fingerprint density at radius 1 is 1.13 bits per heavy atom. The van der Waals surface area contributed by atoms with Crippen LogP contribution in [-0.2, 0) is 13.0 Å². The molecule has 0 bridgehead atoms. The van der Waals surface area contributed by atoms with Gasteiger partial charge in [-0.1, -0.05) is 36.4 Å². The number of aryl methyl sites for hydroxylation is 1. The second-order valence-electron chi connectivity index (χ2n) is 8.10. The highest BCUT2D eigenvalue weighted by Gasteiger charge is 2.20. The normalized spacial score (nSPS) is 15.6. The van der Waals surface area contributed by atoms with Gasteiger partial charge in [0.15, 0.2) is 17.5 Å². The third-order valence-electron chi connectivity index (χ3n) is 5.88. The zero-order chi connectivity index (χ0) is 22.1. The Kier molecular flexibility index (Phi) is 8.59. The van der Waals surface area contributed by atoms with Crippen LogP contribution in [0.2, 0.25) is 0 Å². The van der Waals surface area contributed by atoms with E-state index in [4.69, 9.17) is 9.73 Å². The van der Waals surface area contributed by atoms with Gasteiger partial charge in [0.2, 0.25) is 0 Å². The summed E-state index contributed by atoms with van der Waals surface area (Å²) in [6, 6.07) is 14.6. The van der Waals surface area contributed by atoms with Gasteiger partial charge >= 0.3 is 0 Å². The van der Waals surface area contributed by atoms with Gasteiger partial charge in [-0.05, 0) is 55.9 Å². The van der Waals surface area contributed by atoms with Gasteiger partial charge in [0.05, 0.1) is 7.11 Å². The lowest BCUT2D eigenvalue weighted by molar-refractivity contribution is 0.198. The number of phenols is 1. The van der Waals surface area contributed by atoms with Gasteiger partial charge in [-0.3, -0.25) is 9.89 Å². The molecule has 1 aliphatic heterocycles. The fourth-order valence-electron chi connectivity index (χ4n) is 4.00. The molecule has 3 N–H and O–H groups in total. The van der Waals surface area contributed by atoms with E-state index < -0.39 is 0 Å². The van der Waals surface area contributed by atoms with E-state index in [2.05, 4.69) is 53.6 Å². The minimum atomic E-state index is 0.208. The fraction of sp³-hybridized carbons (Fsp3) is 0.480. The predicted octanol–water partition coefficient (Wildman–Crippen LogP) is 3.47. The highest BCUT2D eigenvalue weighted by atomic mass is 16.5. The van der Waals surface area contributed by atoms with E-state index in [1.54, 1.807) is 13.2 Å². The monoisotopic (exact) mass is 424 g/mol. The number of piperidine rings is 1.